The molecule has 0 bridgehead atoms. The van der Waals surface area contributed by atoms with E-state index in [2.05, 4.69) is 36.4 Å². The van der Waals surface area contributed by atoms with Crippen LogP contribution in [-0.2, 0) is 22.9 Å². The van der Waals surface area contributed by atoms with E-state index < -0.39 is 10.0 Å². The maximum atomic E-state index is 12.0. The number of fused-ring (bicyclic) bond motifs is 1. The number of nitrogens with zero attached hydrogens (tertiary/aromatic N) is 1. The molecule has 1 fully saturated rings. The predicted molar refractivity (Wildman–Crippen MR) is 128 cm³/mol. The lowest BCUT2D eigenvalue weighted by Crippen LogP contribution is -2.35. The van der Waals surface area contributed by atoms with Crippen LogP contribution < -0.4 is 10.5 Å². The van der Waals surface area contributed by atoms with Gasteiger partial charge in [-0.2, -0.15) is 4.31 Å². The zero-order valence-corrected chi connectivity index (χ0v) is 19.7. The quantitative estimate of drug-likeness (QED) is 0.613. The molecule has 7 heteroatoms. The van der Waals surface area contributed by atoms with E-state index in [9.17, 15) is 8.42 Å². The number of hydrogen-bond acceptors (Lipinski definition) is 4. The lowest BCUT2D eigenvalue weighted by molar-refractivity contribution is 0.269. The molecule has 4 rings (SSSR count). The minimum Gasteiger partial charge on any atom is -0.492 e. The first-order chi connectivity index (χ1) is 14.4. The Kier molecular flexibility index (Phi) is 8.03. The summed E-state index contributed by atoms with van der Waals surface area (Å²) in [6.45, 7) is 1.35. The van der Waals surface area contributed by atoms with Gasteiger partial charge in [0.2, 0.25) is 10.0 Å². The summed E-state index contributed by atoms with van der Waals surface area (Å²) in [6, 6.07) is 16.9. The molecule has 170 valence electrons. The molecule has 0 amide bonds. The summed E-state index contributed by atoms with van der Waals surface area (Å²) < 4.78 is 31.6. The molecule has 1 saturated carbocycles. The van der Waals surface area contributed by atoms with Crippen LogP contribution in [0.1, 0.15) is 41.9 Å². The molecular weight excluding hydrogens is 432 g/mol. The first kappa shape index (κ1) is 24.1. The molecule has 31 heavy (non-hydrogen) atoms. The summed E-state index contributed by atoms with van der Waals surface area (Å²) in [7, 11) is -3.20. The molecule has 0 aromatic heterocycles. The molecule has 2 atom stereocenters. The monoisotopic (exact) mass is 464 g/mol. The van der Waals surface area contributed by atoms with Gasteiger partial charge in [0.1, 0.15) is 12.4 Å². The van der Waals surface area contributed by atoms with Crippen molar-refractivity contribution in [3.8, 4) is 5.75 Å². The number of sulfonamides is 1. The highest BCUT2D eigenvalue weighted by Crippen LogP contribution is 2.36. The molecule has 0 spiro atoms. The van der Waals surface area contributed by atoms with Crippen LogP contribution in [0, 0.1) is 5.92 Å². The molecule has 0 saturated heterocycles. The fourth-order valence-corrected chi connectivity index (χ4v) is 5.25. The molecule has 2 aliphatic rings. The van der Waals surface area contributed by atoms with Gasteiger partial charge < -0.3 is 10.5 Å². The Morgan fingerprint density at radius 2 is 1.84 bits per heavy atom. The smallest absolute Gasteiger partial charge is 0.211 e. The summed E-state index contributed by atoms with van der Waals surface area (Å²) >= 11 is 0. The Labute approximate surface area is 192 Å². The lowest BCUT2D eigenvalue weighted by Gasteiger charge is -2.32. The van der Waals surface area contributed by atoms with Gasteiger partial charge in [0.05, 0.1) is 6.26 Å². The van der Waals surface area contributed by atoms with Crippen LogP contribution >= 0.6 is 12.4 Å². The van der Waals surface area contributed by atoms with Crippen molar-refractivity contribution < 1.29 is 13.2 Å². The second-order valence-electron chi connectivity index (χ2n) is 8.77. The van der Waals surface area contributed by atoms with Crippen molar-refractivity contribution in [1.82, 2.24) is 4.31 Å². The Morgan fingerprint density at radius 1 is 1.10 bits per heavy atom. The summed E-state index contributed by atoms with van der Waals surface area (Å²) in [5.74, 6) is 1.58. The molecule has 2 aromatic carbocycles. The SMILES string of the molecule is CS(=O)(=O)N(CCOc1ccc2c(c1)C(Cc1ccccc1)C(N)CC2)CC1CC1.Cl. The van der Waals surface area contributed by atoms with Gasteiger partial charge in [0, 0.05) is 25.0 Å². The van der Waals surface area contributed by atoms with Crippen LogP contribution in [0.25, 0.3) is 0 Å². The highest BCUT2D eigenvalue weighted by Gasteiger charge is 2.29. The number of ether oxygens (including phenoxy) is 1. The first-order valence-corrected chi connectivity index (χ1v) is 12.8. The third-order valence-electron chi connectivity index (χ3n) is 6.32. The van der Waals surface area contributed by atoms with Crippen LogP contribution in [0.3, 0.4) is 0 Å². The molecule has 0 aliphatic heterocycles. The topological polar surface area (TPSA) is 72.6 Å². The standard InChI is InChI=1S/C24H32N2O3S.ClH/c1-30(27,28)26(17-19-7-8-19)13-14-29-21-11-9-20-10-12-24(25)23(22(20)16-21)15-18-5-3-2-4-6-18;/h2-6,9,11,16,19,23-24H,7-8,10,12-15,17,25H2,1H3;1H. The van der Waals surface area contributed by atoms with E-state index >= 15 is 0 Å². The second-order valence-corrected chi connectivity index (χ2v) is 10.8. The average Bonchev–Trinajstić information content (AvgIpc) is 3.54. The van der Waals surface area contributed by atoms with Crippen LogP contribution in [0.5, 0.6) is 5.75 Å². The lowest BCUT2D eigenvalue weighted by atomic mass is 9.76. The zero-order chi connectivity index (χ0) is 21.1. The maximum absolute atomic E-state index is 12.0. The van der Waals surface area contributed by atoms with Crippen LogP contribution in [-0.4, -0.2) is 44.7 Å². The Balaban J connectivity index is 0.00000272. The molecule has 0 heterocycles. The van der Waals surface area contributed by atoms with Gasteiger partial charge in [-0.3, -0.25) is 0 Å². The van der Waals surface area contributed by atoms with E-state index in [-0.39, 0.29) is 24.4 Å². The molecule has 5 nitrogen and oxygen atoms in total. The predicted octanol–water partition coefficient (Wildman–Crippen LogP) is 3.76. The second kappa shape index (κ2) is 10.3. The van der Waals surface area contributed by atoms with Gasteiger partial charge >= 0.3 is 0 Å². The van der Waals surface area contributed by atoms with Crippen LogP contribution in [0.15, 0.2) is 48.5 Å². The van der Waals surface area contributed by atoms with Crippen molar-refractivity contribution in [1.29, 1.82) is 0 Å². The molecule has 2 N–H and O–H groups in total. The number of hydrogen-bond donors (Lipinski definition) is 1. The van der Waals surface area contributed by atoms with Crippen molar-refractivity contribution >= 4 is 22.4 Å². The number of rotatable bonds is 9. The number of halogens is 1. The normalized spacial score (nSPS) is 20.7. The summed E-state index contributed by atoms with van der Waals surface area (Å²) in [4.78, 5) is 0. The number of aryl methyl sites for hydroxylation is 1. The molecule has 2 aliphatic carbocycles. The van der Waals surface area contributed by atoms with E-state index in [4.69, 9.17) is 10.5 Å². The minimum atomic E-state index is -3.20. The van der Waals surface area contributed by atoms with E-state index in [0.29, 0.717) is 25.6 Å². The fraction of sp³-hybridized carbons (Fsp3) is 0.500. The molecule has 2 unspecified atom stereocenters. The third-order valence-corrected chi connectivity index (χ3v) is 7.59. The highest BCUT2D eigenvalue weighted by atomic mass is 35.5. The van der Waals surface area contributed by atoms with Crippen LogP contribution in [0.2, 0.25) is 0 Å². The van der Waals surface area contributed by atoms with Gasteiger partial charge in [-0.1, -0.05) is 36.4 Å². The van der Waals surface area contributed by atoms with Crippen molar-refractivity contribution in [3.05, 3.63) is 65.2 Å². The van der Waals surface area contributed by atoms with Crippen molar-refractivity contribution in [2.45, 2.75) is 44.1 Å². The minimum absolute atomic E-state index is 0. The fourth-order valence-electron chi connectivity index (χ4n) is 4.37. The van der Waals surface area contributed by atoms with Gasteiger partial charge in [-0.25, -0.2) is 8.42 Å². The first-order valence-electron chi connectivity index (χ1n) is 10.9. The van der Waals surface area contributed by atoms with Gasteiger partial charge in [0.15, 0.2) is 0 Å². The Morgan fingerprint density at radius 3 is 2.52 bits per heavy atom. The van der Waals surface area contributed by atoms with Gasteiger partial charge in [-0.15, -0.1) is 12.4 Å². The molecular formula is C24H33ClN2O3S. The van der Waals surface area contributed by atoms with Crippen molar-refractivity contribution in [3.63, 3.8) is 0 Å². The van der Waals surface area contributed by atoms with E-state index in [1.807, 2.05) is 12.1 Å². The molecule has 0 radical (unpaired) electrons. The largest absolute Gasteiger partial charge is 0.492 e. The third kappa shape index (κ3) is 6.45. The van der Waals surface area contributed by atoms with Gasteiger partial charge in [-0.05, 0) is 66.8 Å². The van der Waals surface area contributed by atoms with E-state index in [1.165, 1.54) is 22.9 Å². The Bertz CT molecular complexity index is 964. The van der Waals surface area contributed by atoms with E-state index in [1.54, 1.807) is 4.31 Å². The highest BCUT2D eigenvalue weighted by molar-refractivity contribution is 7.88. The zero-order valence-electron chi connectivity index (χ0n) is 18.1. The summed E-state index contributed by atoms with van der Waals surface area (Å²) in [5.41, 5.74) is 10.4. The maximum Gasteiger partial charge on any atom is 0.211 e. The van der Waals surface area contributed by atoms with Crippen LogP contribution in [0.4, 0.5) is 0 Å². The Hall–Kier alpha value is -1.60. The average molecular weight is 465 g/mol. The summed E-state index contributed by atoms with van der Waals surface area (Å²) in [6.07, 6.45) is 6.44. The molecule has 2 aromatic rings. The van der Waals surface area contributed by atoms with E-state index in [0.717, 1.165) is 37.9 Å². The van der Waals surface area contributed by atoms with Crippen molar-refractivity contribution in [2.24, 2.45) is 11.7 Å². The van der Waals surface area contributed by atoms with Crippen molar-refractivity contribution in [2.75, 3.05) is 26.0 Å². The number of nitrogens with two attached hydrogens (primary N) is 1. The number of benzene rings is 2. The van der Waals surface area contributed by atoms with Gasteiger partial charge in [0.25, 0.3) is 0 Å². The summed E-state index contributed by atoms with van der Waals surface area (Å²) in [5, 5.41) is 0.